The van der Waals surface area contributed by atoms with Gasteiger partial charge in [0.15, 0.2) is 5.78 Å². The molecule has 1 aromatic carbocycles. The summed E-state index contributed by atoms with van der Waals surface area (Å²) in [6.07, 6.45) is 0.577. The van der Waals surface area contributed by atoms with Gasteiger partial charge in [-0.25, -0.2) is 0 Å². The molecular weight excluding hydrogens is 270 g/mol. The van der Waals surface area contributed by atoms with Crippen LogP contribution in [0.5, 0.6) is 0 Å². The summed E-state index contributed by atoms with van der Waals surface area (Å²) in [4.78, 5) is 25.9. The number of methoxy groups -OCH3 is 2. The third-order valence-corrected chi connectivity index (χ3v) is 3.35. The Bertz CT molecular complexity index is 468. The van der Waals surface area contributed by atoms with Gasteiger partial charge in [-0.2, -0.15) is 0 Å². The molecule has 5 nitrogen and oxygen atoms in total. The van der Waals surface area contributed by atoms with Gasteiger partial charge in [-0.05, 0) is 30.7 Å². The maximum Gasteiger partial charge on any atom is 0.306 e. The summed E-state index contributed by atoms with van der Waals surface area (Å²) in [6.45, 7) is 0.434. The minimum Gasteiger partial charge on any atom is -0.469 e. The number of nitrogens with zero attached hydrogens (tertiary/aromatic N) is 1. The molecule has 5 heteroatoms. The van der Waals surface area contributed by atoms with E-state index in [1.807, 2.05) is 31.1 Å². The van der Waals surface area contributed by atoms with Crippen molar-refractivity contribution in [2.45, 2.75) is 12.8 Å². The van der Waals surface area contributed by atoms with Crippen molar-refractivity contribution in [1.29, 1.82) is 0 Å². The van der Waals surface area contributed by atoms with Gasteiger partial charge in [-0.15, -0.1) is 0 Å². The van der Waals surface area contributed by atoms with Crippen LogP contribution in [0.15, 0.2) is 24.3 Å². The minimum absolute atomic E-state index is 0.0530. The smallest absolute Gasteiger partial charge is 0.306 e. The predicted octanol–water partition coefficient (Wildman–Crippen LogP) is 2.15. The lowest BCUT2D eigenvalue weighted by molar-refractivity contribution is -0.141. The first-order valence-electron chi connectivity index (χ1n) is 6.87. The number of hydrogen-bond acceptors (Lipinski definition) is 5. The number of benzene rings is 1. The fourth-order valence-corrected chi connectivity index (χ4v) is 2.03. The van der Waals surface area contributed by atoms with Gasteiger partial charge in [0.25, 0.3) is 0 Å². The van der Waals surface area contributed by atoms with Gasteiger partial charge < -0.3 is 14.4 Å². The van der Waals surface area contributed by atoms with Crippen LogP contribution in [0.25, 0.3) is 0 Å². The average molecular weight is 293 g/mol. The number of carbonyl (C=O) groups excluding carboxylic acids is 2. The molecular formula is C16H23NO4. The molecule has 1 rings (SSSR count). The molecule has 1 unspecified atom stereocenters. The van der Waals surface area contributed by atoms with Gasteiger partial charge in [0.05, 0.1) is 13.5 Å². The lowest BCUT2D eigenvalue weighted by atomic mass is 9.92. The van der Waals surface area contributed by atoms with Crippen molar-refractivity contribution < 1.29 is 19.1 Å². The first-order chi connectivity index (χ1) is 9.99. The Labute approximate surface area is 125 Å². The van der Waals surface area contributed by atoms with Gasteiger partial charge in [-0.3, -0.25) is 9.59 Å². The standard InChI is InChI=1S/C16H23NO4/c1-17(2)14-7-5-12(6-8-14)16(19)13(9-10-20-3)11-15(18)21-4/h5-8,13H,9-11H2,1-4H3. The number of esters is 1. The van der Waals surface area contributed by atoms with E-state index in [0.29, 0.717) is 18.6 Å². The van der Waals surface area contributed by atoms with Crippen molar-refractivity contribution in [2.75, 3.05) is 39.8 Å². The molecule has 0 amide bonds. The molecule has 0 fully saturated rings. The van der Waals surface area contributed by atoms with E-state index in [4.69, 9.17) is 4.74 Å². The third-order valence-electron chi connectivity index (χ3n) is 3.35. The molecule has 116 valence electrons. The second-order valence-electron chi connectivity index (χ2n) is 5.06. The van der Waals surface area contributed by atoms with Crippen molar-refractivity contribution in [3.63, 3.8) is 0 Å². The second-order valence-corrected chi connectivity index (χ2v) is 5.06. The van der Waals surface area contributed by atoms with Crippen molar-refractivity contribution in [1.82, 2.24) is 0 Å². The Morgan fingerprint density at radius 2 is 1.76 bits per heavy atom. The largest absolute Gasteiger partial charge is 0.469 e. The monoisotopic (exact) mass is 293 g/mol. The van der Waals surface area contributed by atoms with Crippen molar-refractivity contribution in [3.05, 3.63) is 29.8 Å². The maximum absolute atomic E-state index is 12.5. The Morgan fingerprint density at radius 3 is 2.24 bits per heavy atom. The van der Waals surface area contributed by atoms with Crippen molar-refractivity contribution in [2.24, 2.45) is 5.92 Å². The second kappa shape index (κ2) is 8.42. The number of carbonyl (C=O) groups is 2. The summed E-state index contributed by atoms with van der Waals surface area (Å²) in [5, 5.41) is 0. The Kier molecular flexibility index (Phi) is 6.88. The maximum atomic E-state index is 12.5. The van der Waals surface area contributed by atoms with Gasteiger partial charge in [-0.1, -0.05) is 0 Å². The SMILES string of the molecule is COCCC(CC(=O)OC)C(=O)c1ccc(N(C)C)cc1. The Morgan fingerprint density at radius 1 is 1.14 bits per heavy atom. The van der Waals surface area contributed by atoms with Crippen LogP contribution in [0.3, 0.4) is 0 Å². The Balaban J connectivity index is 2.85. The van der Waals surface area contributed by atoms with E-state index in [2.05, 4.69) is 4.74 Å². The van der Waals surface area contributed by atoms with Gasteiger partial charge in [0.2, 0.25) is 0 Å². The fourth-order valence-electron chi connectivity index (χ4n) is 2.03. The van der Waals surface area contributed by atoms with Gasteiger partial charge >= 0.3 is 5.97 Å². The van der Waals surface area contributed by atoms with E-state index in [-0.39, 0.29) is 18.2 Å². The van der Waals surface area contributed by atoms with Crippen LogP contribution in [0.1, 0.15) is 23.2 Å². The molecule has 0 aromatic heterocycles. The number of ketones is 1. The molecule has 0 saturated carbocycles. The first-order valence-corrected chi connectivity index (χ1v) is 6.87. The van der Waals surface area contributed by atoms with Crippen LogP contribution in [-0.2, 0) is 14.3 Å². The van der Waals surface area contributed by atoms with E-state index >= 15 is 0 Å². The summed E-state index contributed by atoms with van der Waals surface area (Å²) in [7, 11) is 6.78. The molecule has 0 aliphatic carbocycles. The van der Waals surface area contributed by atoms with Crippen LogP contribution in [0.2, 0.25) is 0 Å². The van der Waals surface area contributed by atoms with Crippen LogP contribution in [0.4, 0.5) is 5.69 Å². The molecule has 0 aliphatic heterocycles. The molecule has 21 heavy (non-hydrogen) atoms. The average Bonchev–Trinajstić information content (AvgIpc) is 2.50. The molecule has 1 atom stereocenters. The first kappa shape index (κ1) is 17.2. The van der Waals surface area contributed by atoms with E-state index in [9.17, 15) is 9.59 Å². The van der Waals surface area contributed by atoms with Gasteiger partial charge in [0, 0.05) is 45.0 Å². The molecule has 0 spiro atoms. The lowest BCUT2D eigenvalue weighted by Crippen LogP contribution is -2.21. The highest BCUT2D eigenvalue weighted by Crippen LogP contribution is 2.20. The fraction of sp³-hybridized carbons (Fsp3) is 0.500. The van der Waals surface area contributed by atoms with Crippen LogP contribution < -0.4 is 4.90 Å². The topological polar surface area (TPSA) is 55.8 Å². The summed E-state index contributed by atoms with van der Waals surface area (Å²) in [6, 6.07) is 7.35. The van der Waals surface area contributed by atoms with E-state index < -0.39 is 5.92 Å². The number of Topliss-reactive ketones (excluding diaryl/α,β-unsaturated/α-hetero) is 1. The zero-order chi connectivity index (χ0) is 15.8. The number of hydrogen-bond donors (Lipinski definition) is 0. The normalized spacial score (nSPS) is 11.8. The van der Waals surface area contributed by atoms with E-state index in [0.717, 1.165) is 5.69 Å². The lowest BCUT2D eigenvalue weighted by Gasteiger charge is -2.16. The van der Waals surface area contributed by atoms with Crippen LogP contribution >= 0.6 is 0 Å². The summed E-state index contributed by atoms with van der Waals surface area (Å²) in [5.41, 5.74) is 1.62. The molecule has 0 bridgehead atoms. The summed E-state index contributed by atoms with van der Waals surface area (Å²) < 4.78 is 9.67. The Hall–Kier alpha value is -1.88. The molecule has 0 saturated heterocycles. The number of rotatable bonds is 8. The van der Waals surface area contributed by atoms with Crippen molar-refractivity contribution in [3.8, 4) is 0 Å². The molecule has 0 radical (unpaired) electrons. The zero-order valence-corrected chi connectivity index (χ0v) is 13.1. The summed E-state index contributed by atoms with van der Waals surface area (Å²) in [5.74, 6) is -0.847. The highest BCUT2D eigenvalue weighted by Gasteiger charge is 2.23. The minimum atomic E-state index is -0.414. The molecule has 0 heterocycles. The van der Waals surface area contributed by atoms with Crippen LogP contribution in [-0.4, -0.2) is 46.7 Å². The van der Waals surface area contributed by atoms with E-state index in [1.54, 1.807) is 19.2 Å². The zero-order valence-electron chi connectivity index (χ0n) is 13.1. The highest BCUT2D eigenvalue weighted by atomic mass is 16.5. The number of anilines is 1. The molecule has 0 N–H and O–H groups in total. The van der Waals surface area contributed by atoms with Gasteiger partial charge in [0.1, 0.15) is 0 Å². The third kappa shape index (κ3) is 5.19. The summed E-state index contributed by atoms with van der Waals surface area (Å²) >= 11 is 0. The van der Waals surface area contributed by atoms with Crippen molar-refractivity contribution >= 4 is 17.4 Å². The molecule has 0 aliphatic rings. The van der Waals surface area contributed by atoms with Crippen LogP contribution in [0, 0.1) is 5.92 Å². The molecule has 1 aromatic rings. The quantitative estimate of drug-likeness (QED) is 0.543. The highest BCUT2D eigenvalue weighted by molar-refractivity contribution is 5.99. The predicted molar refractivity (Wildman–Crippen MR) is 81.7 cm³/mol. The number of ether oxygens (including phenoxy) is 2. The van der Waals surface area contributed by atoms with E-state index in [1.165, 1.54) is 7.11 Å².